The largest absolute Gasteiger partial charge is 0.398 e. The zero-order chi connectivity index (χ0) is 14.9. The van der Waals surface area contributed by atoms with E-state index in [4.69, 9.17) is 5.73 Å². The smallest absolute Gasteiger partial charge is 0.257 e. The van der Waals surface area contributed by atoms with Crippen LogP contribution in [0.4, 0.5) is 20.2 Å². The van der Waals surface area contributed by atoms with Crippen molar-refractivity contribution in [1.82, 2.24) is 4.57 Å². The maximum absolute atomic E-state index is 13.1. The van der Waals surface area contributed by atoms with E-state index in [1.165, 1.54) is 29.9 Å². The quantitative estimate of drug-likeness (QED) is 0.818. The fraction of sp³-hybridized carbons (Fsp3) is 0.0769. The minimum absolute atomic E-state index is 0.175. The van der Waals surface area contributed by atoms with Gasteiger partial charge in [-0.1, -0.05) is 0 Å². The topological polar surface area (TPSA) is 77.1 Å². The SMILES string of the molecule is Cn1cc(NC(=O)c2cc(F)c(F)cc2N)ccc1=O. The summed E-state index contributed by atoms with van der Waals surface area (Å²) in [7, 11) is 1.52. The fourth-order valence-corrected chi connectivity index (χ4v) is 1.63. The fourth-order valence-electron chi connectivity index (χ4n) is 1.63. The maximum Gasteiger partial charge on any atom is 0.257 e. The van der Waals surface area contributed by atoms with Crippen LogP contribution in [-0.4, -0.2) is 10.5 Å². The number of carbonyl (C=O) groups excluding carboxylic acids is 1. The highest BCUT2D eigenvalue weighted by atomic mass is 19.2. The van der Waals surface area contributed by atoms with Gasteiger partial charge in [-0.15, -0.1) is 0 Å². The highest BCUT2D eigenvalue weighted by molar-refractivity contribution is 6.07. The van der Waals surface area contributed by atoms with Crippen molar-refractivity contribution in [1.29, 1.82) is 0 Å². The van der Waals surface area contributed by atoms with Crippen molar-refractivity contribution in [3.8, 4) is 0 Å². The normalized spacial score (nSPS) is 10.3. The Balaban J connectivity index is 2.30. The van der Waals surface area contributed by atoms with Crippen LogP contribution in [0.3, 0.4) is 0 Å². The molecule has 104 valence electrons. The van der Waals surface area contributed by atoms with Gasteiger partial charge in [-0.05, 0) is 12.1 Å². The van der Waals surface area contributed by atoms with Crippen LogP contribution in [0.1, 0.15) is 10.4 Å². The zero-order valence-corrected chi connectivity index (χ0v) is 10.5. The van der Waals surface area contributed by atoms with Crippen molar-refractivity contribution in [2.75, 3.05) is 11.1 Å². The molecule has 20 heavy (non-hydrogen) atoms. The van der Waals surface area contributed by atoms with Gasteiger partial charge in [0.25, 0.3) is 5.91 Å². The van der Waals surface area contributed by atoms with Gasteiger partial charge in [0.1, 0.15) is 0 Å². The first-order valence-corrected chi connectivity index (χ1v) is 5.61. The Hall–Kier alpha value is -2.70. The lowest BCUT2D eigenvalue weighted by molar-refractivity contribution is 0.102. The molecule has 0 spiro atoms. The molecule has 0 aliphatic rings. The number of carbonyl (C=O) groups is 1. The van der Waals surface area contributed by atoms with Gasteiger partial charge in [0.05, 0.1) is 11.3 Å². The number of nitrogens with one attached hydrogen (secondary N) is 1. The summed E-state index contributed by atoms with van der Waals surface area (Å²) in [6.45, 7) is 0. The predicted octanol–water partition coefficient (Wildman–Crippen LogP) is 1.50. The Morgan fingerprint density at radius 3 is 2.55 bits per heavy atom. The third kappa shape index (κ3) is 2.66. The first-order valence-electron chi connectivity index (χ1n) is 5.61. The lowest BCUT2D eigenvalue weighted by Crippen LogP contribution is -2.19. The number of hydrogen-bond acceptors (Lipinski definition) is 3. The molecule has 7 heteroatoms. The lowest BCUT2D eigenvalue weighted by atomic mass is 10.1. The van der Waals surface area contributed by atoms with Crippen LogP contribution >= 0.6 is 0 Å². The molecule has 5 nitrogen and oxygen atoms in total. The van der Waals surface area contributed by atoms with E-state index in [0.29, 0.717) is 5.69 Å². The molecule has 0 fully saturated rings. The minimum Gasteiger partial charge on any atom is -0.398 e. The third-order valence-corrected chi connectivity index (χ3v) is 2.68. The summed E-state index contributed by atoms with van der Waals surface area (Å²) in [6.07, 6.45) is 1.40. The van der Waals surface area contributed by atoms with E-state index in [-0.39, 0.29) is 16.8 Å². The lowest BCUT2D eigenvalue weighted by Gasteiger charge is -2.09. The average molecular weight is 279 g/mol. The number of anilines is 2. The van der Waals surface area contributed by atoms with Crippen molar-refractivity contribution in [3.63, 3.8) is 0 Å². The van der Waals surface area contributed by atoms with Crippen LogP contribution in [-0.2, 0) is 7.05 Å². The van der Waals surface area contributed by atoms with Crippen LogP contribution in [0.15, 0.2) is 35.3 Å². The Labute approximate surface area is 112 Å². The van der Waals surface area contributed by atoms with E-state index in [2.05, 4.69) is 5.32 Å². The van der Waals surface area contributed by atoms with Crippen LogP contribution in [0, 0.1) is 11.6 Å². The van der Waals surface area contributed by atoms with E-state index >= 15 is 0 Å². The van der Waals surface area contributed by atoms with Gasteiger partial charge < -0.3 is 15.6 Å². The molecular weight excluding hydrogens is 268 g/mol. The summed E-state index contributed by atoms with van der Waals surface area (Å²) in [5.74, 6) is -2.98. The number of nitrogens with two attached hydrogens (primary N) is 1. The molecular formula is C13H11F2N3O2. The summed E-state index contributed by atoms with van der Waals surface area (Å²) in [5, 5.41) is 2.45. The van der Waals surface area contributed by atoms with Crippen LogP contribution in [0.2, 0.25) is 0 Å². The standard InChI is InChI=1S/C13H11F2N3O2/c1-18-6-7(2-3-12(18)19)17-13(20)8-4-9(14)10(15)5-11(8)16/h2-6H,16H2,1H3,(H,17,20). The Morgan fingerprint density at radius 1 is 1.25 bits per heavy atom. The molecule has 1 aromatic heterocycles. The number of aryl methyl sites for hydroxylation is 1. The molecule has 0 aliphatic heterocycles. The van der Waals surface area contributed by atoms with E-state index in [9.17, 15) is 18.4 Å². The van der Waals surface area contributed by atoms with E-state index in [1.54, 1.807) is 0 Å². The van der Waals surface area contributed by atoms with Crippen molar-refractivity contribution >= 4 is 17.3 Å². The third-order valence-electron chi connectivity index (χ3n) is 2.68. The molecule has 0 atom stereocenters. The van der Waals surface area contributed by atoms with Crippen molar-refractivity contribution < 1.29 is 13.6 Å². The number of hydrogen-bond donors (Lipinski definition) is 2. The summed E-state index contributed by atoms with van der Waals surface area (Å²) in [6, 6.07) is 4.13. The van der Waals surface area contributed by atoms with Crippen LogP contribution < -0.4 is 16.6 Å². The van der Waals surface area contributed by atoms with Crippen molar-refractivity contribution in [2.24, 2.45) is 7.05 Å². The summed E-state index contributed by atoms with van der Waals surface area (Å²) >= 11 is 0. The highest BCUT2D eigenvalue weighted by Gasteiger charge is 2.14. The molecule has 1 heterocycles. The van der Waals surface area contributed by atoms with Crippen LogP contribution in [0.25, 0.3) is 0 Å². The molecule has 0 radical (unpaired) electrons. The van der Waals surface area contributed by atoms with Gasteiger partial charge in [0.15, 0.2) is 11.6 Å². The monoisotopic (exact) mass is 279 g/mol. The number of benzene rings is 1. The second-order valence-electron chi connectivity index (χ2n) is 4.17. The first kappa shape index (κ1) is 13.7. The number of rotatable bonds is 2. The van der Waals surface area contributed by atoms with Gasteiger partial charge in [-0.2, -0.15) is 0 Å². The van der Waals surface area contributed by atoms with Gasteiger partial charge >= 0.3 is 0 Å². The summed E-state index contributed by atoms with van der Waals surface area (Å²) < 4.78 is 27.3. The molecule has 1 amide bonds. The average Bonchev–Trinajstić information content (AvgIpc) is 2.38. The molecule has 3 N–H and O–H groups in total. The van der Waals surface area contributed by atoms with E-state index < -0.39 is 17.5 Å². The van der Waals surface area contributed by atoms with Gasteiger partial charge in [0, 0.05) is 31.1 Å². The zero-order valence-electron chi connectivity index (χ0n) is 10.5. The number of pyridine rings is 1. The van der Waals surface area contributed by atoms with E-state index in [0.717, 1.165) is 12.1 Å². The number of aromatic nitrogens is 1. The predicted molar refractivity (Wildman–Crippen MR) is 70.4 cm³/mol. The van der Waals surface area contributed by atoms with Gasteiger partial charge in [0.2, 0.25) is 5.56 Å². The van der Waals surface area contributed by atoms with Gasteiger partial charge in [-0.25, -0.2) is 8.78 Å². The first-order chi connectivity index (χ1) is 9.38. The molecule has 0 bridgehead atoms. The molecule has 0 aliphatic carbocycles. The second-order valence-corrected chi connectivity index (χ2v) is 4.17. The molecule has 0 saturated carbocycles. The Morgan fingerprint density at radius 2 is 1.90 bits per heavy atom. The van der Waals surface area contributed by atoms with E-state index in [1.807, 2.05) is 0 Å². The molecule has 2 rings (SSSR count). The van der Waals surface area contributed by atoms with Gasteiger partial charge in [-0.3, -0.25) is 9.59 Å². The number of nitrogen functional groups attached to an aromatic ring is 1. The summed E-state index contributed by atoms with van der Waals surface area (Å²) in [4.78, 5) is 23.1. The van der Waals surface area contributed by atoms with Crippen molar-refractivity contribution in [3.05, 3.63) is 58.0 Å². The van der Waals surface area contributed by atoms with Crippen LogP contribution in [0.5, 0.6) is 0 Å². The molecule has 1 aromatic carbocycles. The number of amides is 1. The highest BCUT2D eigenvalue weighted by Crippen LogP contribution is 2.18. The number of halogens is 2. The maximum atomic E-state index is 13.1. The van der Waals surface area contributed by atoms with Crippen molar-refractivity contribution in [2.45, 2.75) is 0 Å². The summed E-state index contributed by atoms with van der Waals surface area (Å²) in [5.41, 5.74) is 5.21. The molecule has 0 unspecified atom stereocenters. The molecule has 2 aromatic rings. The second kappa shape index (κ2) is 5.12. The Bertz CT molecular complexity index is 741. The number of nitrogens with zero attached hydrogens (tertiary/aromatic N) is 1. The Kier molecular flexibility index (Phi) is 3.51. The molecule has 0 saturated heterocycles. The minimum atomic E-state index is -1.16.